The number of anilines is 1. The predicted octanol–water partition coefficient (Wildman–Crippen LogP) is 1.54. The molecule has 2 aliphatic heterocycles. The van der Waals surface area contributed by atoms with Crippen LogP contribution in [0.4, 0.5) is 5.82 Å². The maximum Gasteiger partial charge on any atom is 0.186 e. The number of hydrogen-bond donors (Lipinski definition) is 1. The summed E-state index contributed by atoms with van der Waals surface area (Å²) < 4.78 is 11.5. The summed E-state index contributed by atoms with van der Waals surface area (Å²) in [6.07, 6.45) is 3.68. The highest BCUT2D eigenvalue weighted by atomic mass is 35.5. The normalized spacial score (nSPS) is 22.1. The lowest BCUT2D eigenvalue weighted by molar-refractivity contribution is -0.161. The topological polar surface area (TPSA) is 60.6 Å². The zero-order chi connectivity index (χ0) is 13.3. The van der Waals surface area contributed by atoms with Gasteiger partial charge in [0.1, 0.15) is 5.82 Å². The Morgan fingerprint density at radius 1 is 1.42 bits per heavy atom. The van der Waals surface area contributed by atoms with Gasteiger partial charge in [-0.3, -0.25) is 0 Å². The Kier molecular flexibility index (Phi) is 3.62. The van der Waals surface area contributed by atoms with Gasteiger partial charge >= 0.3 is 0 Å². The zero-order valence-corrected chi connectivity index (χ0v) is 11.5. The van der Waals surface area contributed by atoms with E-state index >= 15 is 0 Å². The van der Waals surface area contributed by atoms with E-state index in [1.54, 1.807) is 6.20 Å². The molecule has 5 nitrogen and oxygen atoms in total. The van der Waals surface area contributed by atoms with Crippen molar-refractivity contribution in [1.29, 1.82) is 0 Å². The number of piperidine rings is 1. The molecular formula is C13H18ClN3O2. The van der Waals surface area contributed by atoms with E-state index in [-0.39, 0.29) is 0 Å². The number of aromatic nitrogens is 1. The van der Waals surface area contributed by atoms with Crippen LogP contribution in [0.5, 0.6) is 0 Å². The Hall–Kier alpha value is -0.880. The minimum Gasteiger partial charge on any atom is -0.350 e. The van der Waals surface area contributed by atoms with Crippen molar-refractivity contribution in [2.75, 3.05) is 31.2 Å². The first kappa shape index (κ1) is 13.1. The van der Waals surface area contributed by atoms with Crippen LogP contribution in [0.25, 0.3) is 0 Å². The number of hydrogen-bond acceptors (Lipinski definition) is 5. The fourth-order valence-electron chi connectivity index (χ4n) is 2.75. The van der Waals surface area contributed by atoms with Crippen molar-refractivity contribution in [2.24, 2.45) is 5.73 Å². The first-order chi connectivity index (χ1) is 9.24. The second kappa shape index (κ2) is 5.25. The maximum atomic E-state index is 6.37. The van der Waals surface area contributed by atoms with Gasteiger partial charge in [-0.2, -0.15) is 0 Å². The van der Waals surface area contributed by atoms with Crippen LogP contribution in [-0.4, -0.2) is 37.1 Å². The molecule has 6 heteroatoms. The Bertz CT molecular complexity index is 463. The van der Waals surface area contributed by atoms with Crippen LogP contribution in [-0.2, 0) is 16.0 Å². The van der Waals surface area contributed by atoms with Crippen LogP contribution in [0, 0.1) is 0 Å². The summed E-state index contributed by atoms with van der Waals surface area (Å²) in [7, 11) is 0. The van der Waals surface area contributed by atoms with E-state index in [0.29, 0.717) is 31.3 Å². The summed E-state index contributed by atoms with van der Waals surface area (Å²) in [6.45, 7) is 3.33. The van der Waals surface area contributed by atoms with Crippen molar-refractivity contribution < 1.29 is 9.47 Å². The van der Waals surface area contributed by atoms with Crippen LogP contribution < -0.4 is 10.6 Å². The van der Waals surface area contributed by atoms with Crippen LogP contribution in [0.15, 0.2) is 12.3 Å². The van der Waals surface area contributed by atoms with Gasteiger partial charge in [-0.05, 0) is 18.1 Å². The highest BCUT2D eigenvalue weighted by Crippen LogP contribution is 2.35. The molecule has 2 fully saturated rings. The molecule has 1 aromatic rings. The predicted molar refractivity (Wildman–Crippen MR) is 73.2 cm³/mol. The number of pyridine rings is 1. The molecule has 2 N–H and O–H groups in total. The molecule has 0 saturated carbocycles. The van der Waals surface area contributed by atoms with E-state index in [4.69, 9.17) is 26.8 Å². The summed E-state index contributed by atoms with van der Waals surface area (Å²) in [4.78, 5) is 6.53. The van der Waals surface area contributed by atoms with Crippen molar-refractivity contribution in [3.8, 4) is 0 Å². The van der Waals surface area contributed by atoms with E-state index in [1.807, 2.05) is 6.07 Å². The molecule has 0 amide bonds. The molecule has 0 bridgehead atoms. The SMILES string of the molecule is NCc1ccnc(N2CCCC3(C2)OCCO3)c1Cl. The number of halogens is 1. The molecule has 2 saturated heterocycles. The molecule has 2 aliphatic rings. The Labute approximate surface area is 117 Å². The van der Waals surface area contributed by atoms with E-state index in [2.05, 4.69) is 9.88 Å². The fraction of sp³-hybridized carbons (Fsp3) is 0.615. The van der Waals surface area contributed by atoms with Gasteiger partial charge in [0, 0.05) is 25.7 Å². The van der Waals surface area contributed by atoms with Crippen molar-refractivity contribution in [1.82, 2.24) is 4.98 Å². The number of rotatable bonds is 2. The second-order valence-electron chi connectivity index (χ2n) is 4.94. The maximum absolute atomic E-state index is 6.37. The van der Waals surface area contributed by atoms with Crippen LogP contribution >= 0.6 is 11.6 Å². The standard InChI is InChI=1S/C13H18ClN3O2/c14-11-10(8-15)2-4-16-12(11)17-5-1-3-13(9-17)18-6-7-19-13/h2,4H,1,3,5-9,15H2. The molecule has 0 unspecified atom stereocenters. The van der Waals surface area contributed by atoms with Gasteiger partial charge in [0.15, 0.2) is 5.79 Å². The van der Waals surface area contributed by atoms with Crippen LogP contribution in [0.1, 0.15) is 18.4 Å². The van der Waals surface area contributed by atoms with Crippen molar-refractivity contribution in [3.63, 3.8) is 0 Å². The lowest BCUT2D eigenvalue weighted by Gasteiger charge is -2.39. The molecule has 0 aliphatic carbocycles. The molecule has 0 atom stereocenters. The van der Waals surface area contributed by atoms with Crippen LogP contribution in [0.2, 0.25) is 5.02 Å². The van der Waals surface area contributed by atoms with E-state index in [9.17, 15) is 0 Å². The largest absolute Gasteiger partial charge is 0.350 e. The number of nitrogens with two attached hydrogens (primary N) is 1. The van der Waals surface area contributed by atoms with Crippen molar-refractivity contribution in [3.05, 3.63) is 22.8 Å². The van der Waals surface area contributed by atoms with E-state index in [0.717, 1.165) is 30.8 Å². The van der Waals surface area contributed by atoms with E-state index < -0.39 is 5.79 Å². The zero-order valence-electron chi connectivity index (χ0n) is 10.8. The summed E-state index contributed by atoms with van der Waals surface area (Å²) in [5.74, 6) is 0.310. The lowest BCUT2D eigenvalue weighted by Crippen LogP contribution is -2.49. The highest BCUT2D eigenvalue weighted by Gasteiger charge is 2.41. The Balaban J connectivity index is 1.85. The molecule has 0 radical (unpaired) electrons. The highest BCUT2D eigenvalue weighted by molar-refractivity contribution is 6.33. The van der Waals surface area contributed by atoms with E-state index in [1.165, 1.54) is 0 Å². The third-order valence-electron chi connectivity index (χ3n) is 3.70. The lowest BCUT2D eigenvalue weighted by atomic mass is 10.0. The third-order valence-corrected chi connectivity index (χ3v) is 4.11. The third kappa shape index (κ3) is 2.43. The number of ether oxygens (including phenoxy) is 2. The van der Waals surface area contributed by atoms with Crippen molar-refractivity contribution >= 4 is 17.4 Å². The number of nitrogens with zero attached hydrogens (tertiary/aromatic N) is 2. The summed E-state index contributed by atoms with van der Waals surface area (Å²) in [6, 6.07) is 1.86. The second-order valence-corrected chi connectivity index (χ2v) is 5.32. The average molecular weight is 284 g/mol. The molecule has 1 aromatic heterocycles. The molecule has 3 heterocycles. The average Bonchev–Trinajstić information content (AvgIpc) is 2.87. The summed E-state index contributed by atoms with van der Waals surface area (Å²) >= 11 is 6.37. The molecule has 1 spiro atoms. The first-order valence-corrected chi connectivity index (χ1v) is 6.98. The molecule has 19 heavy (non-hydrogen) atoms. The molecular weight excluding hydrogens is 266 g/mol. The van der Waals surface area contributed by atoms with Gasteiger partial charge < -0.3 is 20.1 Å². The quantitative estimate of drug-likeness (QED) is 0.892. The minimum atomic E-state index is -0.470. The monoisotopic (exact) mass is 283 g/mol. The summed E-state index contributed by atoms with van der Waals surface area (Å²) in [5.41, 5.74) is 6.60. The van der Waals surface area contributed by atoms with Gasteiger partial charge in [0.25, 0.3) is 0 Å². The molecule has 104 valence electrons. The minimum absolute atomic E-state index is 0.417. The van der Waals surface area contributed by atoms with Gasteiger partial charge in [0.2, 0.25) is 0 Å². The smallest absolute Gasteiger partial charge is 0.186 e. The van der Waals surface area contributed by atoms with Gasteiger partial charge in [-0.1, -0.05) is 11.6 Å². The van der Waals surface area contributed by atoms with Crippen molar-refractivity contribution in [2.45, 2.75) is 25.2 Å². The van der Waals surface area contributed by atoms with Gasteiger partial charge in [-0.25, -0.2) is 4.98 Å². The fourth-order valence-corrected chi connectivity index (χ4v) is 3.06. The van der Waals surface area contributed by atoms with Gasteiger partial charge in [0.05, 0.1) is 24.8 Å². The molecule has 3 rings (SSSR count). The Morgan fingerprint density at radius 3 is 2.95 bits per heavy atom. The Morgan fingerprint density at radius 2 is 2.21 bits per heavy atom. The van der Waals surface area contributed by atoms with Gasteiger partial charge in [-0.15, -0.1) is 0 Å². The first-order valence-electron chi connectivity index (χ1n) is 6.60. The molecule has 0 aromatic carbocycles. The summed E-state index contributed by atoms with van der Waals surface area (Å²) in [5, 5.41) is 0.639. The van der Waals surface area contributed by atoms with Crippen LogP contribution in [0.3, 0.4) is 0 Å².